The average molecular weight is 334 g/mol. The van der Waals surface area contributed by atoms with E-state index >= 15 is 0 Å². The van der Waals surface area contributed by atoms with E-state index in [2.05, 4.69) is 5.32 Å². The third-order valence-electron chi connectivity index (χ3n) is 2.77. The minimum absolute atomic E-state index is 0.0115. The Morgan fingerprint density at radius 3 is 2.48 bits per heavy atom. The fraction of sp³-hybridized carbons (Fsp3) is 0.385. The number of carboxylic acid groups (broad SMARTS) is 1. The number of hydrogen-bond acceptors (Lipinski definition) is 4. The second kappa shape index (κ2) is 6.91. The normalized spacial score (nSPS) is 12.7. The number of benzene rings is 1. The van der Waals surface area contributed by atoms with Gasteiger partial charge in [-0.25, -0.2) is 13.2 Å². The Morgan fingerprint density at radius 2 is 2.00 bits per heavy atom. The topological polar surface area (TPSA) is 101 Å². The lowest BCUT2D eigenvalue weighted by molar-refractivity contribution is -0.139. The third kappa shape index (κ3) is 4.71. The molecule has 1 rings (SSSR count). The summed E-state index contributed by atoms with van der Waals surface area (Å²) in [6, 6.07) is 2.76. The molecule has 0 spiro atoms. The SMILES string of the molecule is CCC[C@H](NC(=O)c1ccc(Cl)c(S(C)(=O)=O)c1)C(=O)O. The van der Waals surface area contributed by atoms with Crippen molar-refractivity contribution in [1.82, 2.24) is 5.32 Å². The van der Waals surface area contributed by atoms with Crippen molar-refractivity contribution >= 4 is 33.3 Å². The summed E-state index contributed by atoms with van der Waals surface area (Å²) < 4.78 is 23.1. The zero-order valence-corrected chi connectivity index (χ0v) is 13.2. The van der Waals surface area contributed by atoms with Crippen molar-refractivity contribution in [2.24, 2.45) is 0 Å². The van der Waals surface area contributed by atoms with Crippen molar-refractivity contribution in [2.45, 2.75) is 30.7 Å². The molecular formula is C13H16ClNO5S. The summed E-state index contributed by atoms with van der Waals surface area (Å²) in [4.78, 5) is 22.8. The molecule has 1 aromatic carbocycles. The molecule has 0 bridgehead atoms. The average Bonchev–Trinajstić information content (AvgIpc) is 2.37. The molecule has 2 N–H and O–H groups in total. The molecule has 1 atom stereocenters. The van der Waals surface area contributed by atoms with Gasteiger partial charge >= 0.3 is 5.97 Å². The molecule has 0 heterocycles. The summed E-state index contributed by atoms with van der Waals surface area (Å²) in [6.45, 7) is 1.80. The van der Waals surface area contributed by atoms with Gasteiger partial charge in [-0.3, -0.25) is 4.79 Å². The Bertz CT molecular complexity index is 657. The highest BCUT2D eigenvalue weighted by molar-refractivity contribution is 7.90. The van der Waals surface area contributed by atoms with Crippen molar-refractivity contribution in [3.05, 3.63) is 28.8 Å². The van der Waals surface area contributed by atoms with Gasteiger partial charge in [-0.15, -0.1) is 0 Å². The van der Waals surface area contributed by atoms with Gasteiger partial charge in [0.15, 0.2) is 9.84 Å². The van der Waals surface area contributed by atoms with Gasteiger partial charge in [0.1, 0.15) is 6.04 Å². The van der Waals surface area contributed by atoms with E-state index in [1.54, 1.807) is 6.92 Å². The molecule has 0 unspecified atom stereocenters. The largest absolute Gasteiger partial charge is 0.480 e. The molecule has 0 aliphatic heterocycles. The van der Waals surface area contributed by atoms with Crippen LogP contribution in [0.3, 0.4) is 0 Å². The van der Waals surface area contributed by atoms with Gasteiger partial charge in [0.05, 0.1) is 9.92 Å². The fourth-order valence-corrected chi connectivity index (χ4v) is 3.02. The Kier molecular flexibility index (Phi) is 5.74. The second-order valence-corrected chi connectivity index (χ2v) is 6.96. The van der Waals surface area contributed by atoms with Crippen molar-refractivity contribution in [2.75, 3.05) is 6.26 Å². The molecule has 21 heavy (non-hydrogen) atoms. The smallest absolute Gasteiger partial charge is 0.326 e. The van der Waals surface area contributed by atoms with Gasteiger partial charge in [0, 0.05) is 11.8 Å². The molecule has 1 aromatic rings. The first kappa shape index (κ1) is 17.5. The summed E-state index contributed by atoms with van der Waals surface area (Å²) in [5, 5.41) is 11.4. The van der Waals surface area contributed by atoms with E-state index in [0.29, 0.717) is 6.42 Å². The van der Waals surface area contributed by atoms with Crippen molar-refractivity contribution in [1.29, 1.82) is 0 Å². The molecule has 1 amide bonds. The lowest BCUT2D eigenvalue weighted by atomic mass is 10.1. The predicted octanol–water partition coefficient (Wildman–Crippen LogP) is 1.73. The van der Waals surface area contributed by atoms with Crippen LogP contribution < -0.4 is 5.32 Å². The number of amides is 1. The monoisotopic (exact) mass is 333 g/mol. The Balaban J connectivity index is 3.06. The molecule has 0 aliphatic carbocycles. The predicted molar refractivity (Wildman–Crippen MR) is 78.4 cm³/mol. The minimum atomic E-state index is -3.57. The number of aliphatic carboxylic acids is 1. The molecule has 0 saturated carbocycles. The number of rotatable bonds is 6. The Hall–Kier alpha value is -1.60. The van der Waals surface area contributed by atoms with Gasteiger partial charge in [-0.1, -0.05) is 24.9 Å². The zero-order chi connectivity index (χ0) is 16.2. The highest BCUT2D eigenvalue weighted by Crippen LogP contribution is 2.22. The highest BCUT2D eigenvalue weighted by Gasteiger charge is 2.21. The number of halogens is 1. The molecule has 6 nitrogen and oxygen atoms in total. The molecule has 0 aliphatic rings. The first-order chi connectivity index (χ1) is 9.66. The Morgan fingerprint density at radius 1 is 1.38 bits per heavy atom. The summed E-state index contributed by atoms with van der Waals surface area (Å²) in [6.07, 6.45) is 1.85. The van der Waals surface area contributed by atoms with Gasteiger partial charge < -0.3 is 10.4 Å². The van der Waals surface area contributed by atoms with Crippen LogP contribution in [0.5, 0.6) is 0 Å². The minimum Gasteiger partial charge on any atom is -0.480 e. The van der Waals surface area contributed by atoms with E-state index in [9.17, 15) is 18.0 Å². The molecule has 0 saturated heterocycles. The van der Waals surface area contributed by atoms with Crippen LogP contribution in [0.1, 0.15) is 30.1 Å². The van der Waals surface area contributed by atoms with Gasteiger partial charge in [0.2, 0.25) is 0 Å². The van der Waals surface area contributed by atoms with Gasteiger partial charge in [0.25, 0.3) is 5.91 Å². The van der Waals surface area contributed by atoms with E-state index in [-0.39, 0.29) is 21.9 Å². The van der Waals surface area contributed by atoms with E-state index in [1.807, 2.05) is 0 Å². The lowest BCUT2D eigenvalue weighted by Gasteiger charge is -2.14. The van der Waals surface area contributed by atoms with Gasteiger partial charge in [-0.2, -0.15) is 0 Å². The number of hydrogen-bond donors (Lipinski definition) is 2. The van der Waals surface area contributed by atoms with E-state index in [0.717, 1.165) is 12.3 Å². The molecule has 116 valence electrons. The van der Waals surface area contributed by atoms with Crippen molar-refractivity contribution in [3.8, 4) is 0 Å². The number of carboxylic acids is 1. The Labute approximate surface area is 128 Å². The number of carbonyl (C=O) groups is 2. The van der Waals surface area contributed by atoms with Crippen LogP contribution in [0.4, 0.5) is 0 Å². The first-order valence-electron chi connectivity index (χ1n) is 6.20. The van der Waals surface area contributed by atoms with Crippen LogP contribution in [-0.2, 0) is 14.6 Å². The second-order valence-electron chi connectivity index (χ2n) is 4.57. The summed E-state index contributed by atoms with van der Waals surface area (Å²) in [5.41, 5.74) is 0.0437. The molecule has 0 aromatic heterocycles. The maximum atomic E-state index is 12.0. The molecule has 8 heteroatoms. The van der Waals surface area contributed by atoms with Gasteiger partial charge in [-0.05, 0) is 24.6 Å². The fourth-order valence-electron chi connectivity index (χ4n) is 1.72. The zero-order valence-electron chi connectivity index (χ0n) is 11.6. The van der Waals surface area contributed by atoms with Crippen molar-refractivity contribution < 1.29 is 23.1 Å². The van der Waals surface area contributed by atoms with Crippen LogP contribution in [0, 0.1) is 0 Å². The van der Waals surface area contributed by atoms with Crippen LogP contribution in [0.2, 0.25) is 5.02 Å². The maximum absolute atomic E-state index is 12.0. The van der Waals surface area contributed by atoms with E-state index in [4.69, 9.17) is 16.7 Å². The molecule has 0 fully saturated rings. The summed E-state index contributed by atoms with van der Waals surface area (Å²) in [5.74, 6) is -1.79. The van der Waals surface area contributed by atoms with Crippen molar-refractivity contribution in [3.63, 3.8) is 0 Å². The summed E-state index contributed by atoms with van der Waals surface area (Å²) in [7, 11) is -3.57. The van der Waals surface area contributed by atoms with E-state index in [1.165, 1.54) is 12.1 Å². The molecule has 0 radical (unpaired) electrons. The van der Waals surface area contributed by atoms with Crippen LogP contribution in [0.25, 0.3) is 0 Å². The highest BCUT2D eigenvalue weighted by atomic mass is 35.5. The van der Waals surface area contributed by atoms with E-state index < -0.39 is 27.8 Å². The third-order valence-corrected chi connectivity index (χ3v) is 4.35. The van der Waals surface area contributed by atoms with Crippen LogP contribution >= 0.6 is 11.6 Å². The van der Waals surface area contributed by atoms with Crippen LogP contribution in [0.15, 0.2) is 23.1 Å². The number of carbonyl (C=O) groups excluding carboxylic acids is 1. The first-order valence-corrected chi connectivity index (χ1v) is 8.47. The quantitative estimate of drug-likeness (QED) is 0.825. The standard InChI is InChI=1S/C13H16ClNO5S/c1-3-4-10(13(17)18)15-12(16)8-5-6-9(14)11(7-8)21(2,19)20/h5-7,10H,3-4H2,1-2H3,(H,15,16)(H,17,18)/t10-/m0/s1. The van der Waals surface area contributed by atoms with Crippen LogP contribution in [-0.4, -0.2) is 37.7 Å². The summed E-state index contributed by atoms with van der Waals surface area (Å²) >= 11 is 5.79. The maximum Gasteiger partial charge on any atom is 0.326 e. The number of nitrogens with one attached hydrogen (secondary N) is 1. The molecular weight excluding hydrogens is 318 g/mol. The lowest BCUT2D eigenvalue weighted by Crippen LogP contribution is -2.40. The number of sulfone groups is 1.